The van der Waals surface area contributed by atoms with E-state index >= 15 is 0 Å². The van der Waals surface area contributed by atoms with Crippen molar-refractivity contribution >= 4 is 33.6 Å². The molecule has 1 aromatic rings. The van der Waals surface area contributed by atoms with E-state index in [1.165, 1.54) is 7.11 Å². The summed E-state index contributed by atoms with van der Waals surface area (Å²) in [5, 5.41) is 2.56. The fourth-order valence-electron chi connectivity index (χ4n) is 1.38. The van der Waals surface area contributed by atoms with Crippen molar-refractivity contribution in [1.29, 1.82) is 0 Å². The predicted molar refractivity (Wildman–Crippen MR) is 61.6 cm³/mol. The van der Waals surface area contributed by atoms with Gasteiger partial charge in [0.15, 0.2) is 17.7 Å². The first kappa shape index (κ1) is 11.8. The van der Waals surface area contributed by atoms with Crippen LogP contribution in [0.15, 0.2) is 16.7 Å². The number of hydrogen-bond acceptors (Lipinski definition) is 5. The first-order valence-electron chi connectivity index (χ1n) is 4.80. The van der Waals surface area contributed by atoms with Crippen LogP contribution < -0.4 is 10.1 Å². The third kappa shape index (κ3) is 2.55. The molecule has 1 amide bonds. The first-order valence-corrected chi connectivity index (χ1v) is 5.59. The van der Waals surface area contributed by atoms with Gasteiger partial charge < -0.3 is 14.8 Å². The van der Waals surface area contributed by atoms with Crippen LogP contribution in [0.1, 0.15) is 6.42 Å². The normalized spacial score (nSPS) is 17.8. The van der Waals surface area contributed by atoms with Gasteiger partial charge in [0.1, 0.15) is 0 Å². The van der Waals surface area contributed by atoms with Crippen molar-refractivity contribution in [2.75, 3.05) is 12.4 Å². The molecule has 1 aliphatic rings. The van der Waals surface area contributed by atoms with Gasteiger partial charge in [-0.05, 0) is 22.0 Å². The van der Waals surface area contributed by atoms with Crippen LogP contribution in [0.4, 0.5) is 5.82 Å². The number of rotatable bonds is 2. The minimum atomic E-state index is -0.883. The molecule has 90 valence electrons. The van der Waals surface area contributed by atoms with E-state index in [4.69, 9.17) is 4.74 Å². The van der Waals surface area contributed by atoms with Gasteiger partial charge in [-0.25, -0.2) is 4.98 Å². The highest BCUT2D eigenvalue weighted by atomic mass is 79.9. The number of esters is 1. The Morgan fingerprint density at radius 2 is 2.47 bits per heavy atom. The minimum absolute atomic E-state index is 0.131. The number of halogens is 1. The molecule has 0 bridgehead atoms. The number of aromatic nitrogens is 1. The SMILES string of the molecule is COC(=O)CC1Oc2cc(Br)cnc2NC1=O. The molecule has 0 spiro atoms. The second kappa shape index (κ2) is 4.70. The number of amides is 1. The van der Waals surface area contributed by atoms with Crippen molar-refractivity contribution in [3.63, 3.8) is 0 Å². The van der Waals surface area contributed by atoms with Crippen LogP contribution in [0.3, 0.4) is 0 Å². The highest BCUT2D eigenvalue weighted by Gasteiger charge is 2.30. The average Bonchev–Trinajstić information content (AvgIpc) is 2.30. The second-order valence-electron chi connectivity index (χ2n) is 3.38. The average molecular weight is 301 g/mol. The molecule has 0 aromatic carbocycles. The van der Waals surface area contributed by atoms with Gasteiger partial charge >= 0.3 is 5.97 Å². The zero-order valence-electron chi connectivity index (χ0n) is 8.90. The maximum Gasteiger partial charge on any atom is 0.309 e. The Kier molecular flexibility index (Phi) is 3.28. The van der Waals surface area contributed by atoms with E-state index in [0.29, 0.717) is 11.6 Å². The summed E-state index contributed by atoms with van der Waals surface area (Å²) in [5.41, 5.74) is 0. The summed E-state index contributed by atoms with van der Waals surface area (Å²) in [6.45, 7) is 0. The number of pyridine rings is 1. The quantitative estimate of drug-likeness (QED) is 0.828. The molecule has 2 rings (SSSR count). The molecule has 6 nitrogen and oxygen atoms in total. The van der Waals surface area contributed by atoms with E-state index in [1.54, 1.807) is 12.3 Å². The number of carbonyl (C=O) groups excluding carboxylic acids is 2. The molecule has 0 aliphatic carbocycles. The first-order chi connectivity index (χ1) is 8.10. The maximum absolute atomic E-state index is 11.6. The third-order valence-electron chi connectivity index (χ3n) is 2.20. The summed E-state index contributed by atoms with van der Waals surface area (Å²) in [5.74, 6) is -0.138. The molecule has 0 saturated heterocycles. The summed E-state index contributed by atoms with van der Waals surface area (Å²) in [4.78, 5) is 26.7. The Labute approximate surface area is 105 Å². The number of carbonyl (C=O) groups is 2. The molecule has 1 aliphatic heterocycles. The topological polar surface area (TPSA) is 77.5 Å². The van der Waals surface area contributed by atoms with Gasteiger partial charge in [0, 0.05) is 10.7 Å². The Bertz CT molecular complexity index is 477. The fraction of sp³-hybridized carbons (Fsp3) is 0.300. The summed E-state index contributed by atoms with van der Waals surface area (Å²) in [6, 6.07) is 1.67. The molecule has 1 unspecified atom stereocenters. The largest absolute Gasteiger partial charge is 0.476 e. The summed E-state index contributed by atoms with van der Waals surface area (Å²) < 4.78 is 10.6. The van der Waals surface area contributed by atoms with Crippen LogP contribution in [-0.2, 0) is 14.3 Å². The van der Waals surface area contributed by atoms with Crippen LogP contribution in [0.2, 0.25) is 0 Å². The molecule has 0 fully saturated rings. The lowest BCUT2D eigenvalue weighted by Crippen LogP contribution is -2.39. The lowest BCUT2D eigenvalue weighted by Gasteiger charge is -2.24. The lowest BCUT2D eigenvalue weighted by molar-refractivity contribution is -0.145. The lowest BCUT2D eigenvalue weighted by atomic mass is 10.2. The van der Waals surface area contributed by atoms with Crippen LogP contribution in [-0.4, -0.2) is 30.1 Å². The third-order valence-corrected chi connectivity index (χ3v) is 2.64. The molecular weight excluding hydrogens is 292 g/mol. The van der Waals surface area contributed by atoms with E-state index in [1.807, 2.05) is 0 Å². The van der Waals surface area contributed by atoms with Gasteiger partial charge in [-0.3, -0.25) is 9.59 Å². The number of nitrogens with one attached hydrogen (secondary N) is 1. The Balaban J connectivity index is 2.19. The van der Waals surface area contributed by atoms with E-state index in [9.17, 15) is 9.59 Å². The number of methoxy groups -OCH3 is 1. The van der Waals surface area contributed by atoms with Crippen molar-refractivity contribution in [3.8, 4) is 5.75 Å². The monoisotopic (exact) mass is 300 g/mol. The minimum Gasteiger partial charge on any atom is -0.476 e. The van der Waals surface area contributed by atoms with Crippen LogP contribution in [0.5, 0.6) is 5.75 Å². The van der Waals surface area contributed by atoms with E-state index in [0.717, 1.165) is 4.47 Å². The summed E-state index contributed by atoms with van der Waals surface area (Å²) in [6.07, 6.45) is 0.531. The van der Waals surface area contributed by atoms with Gasteiger partial charge in [-0.2, -0.15) is 0 Å². The molecule has 1 aromatic heterocycles. The number of nitrogens with zero attached hydrogens (tertiary/aromatic N) is 1. The summed E-state index contributed by atoms with van der Waals surface area (Å²) >= 11 is 3.24. The molecule has 1 N–H and O–H groups in total. The number of hydrogen-bond donors (Lipinski definition) is 1. The number of anilines is 1. The van der Waals surface area contributed by atoms with Crippen molar-refractivity contribution in [1.82, 2.24) is 4.98 Å². The molecule has 7 heteroatoms. The maximum atomic E-state index is 11.6. The fourth-order valence-corrected chi connectivity index (χ4v) is 1.69. The van der Waals surface area contributed by atoms with Gasteiger partial charge in [0.2, 0.25) is 0 Å². The highest BCUT2D eigenvalue weighted by Crippen LogP contribution is 2.30. The number of ether oxygens (including phenoxy) is 2. The Morgan fingerprint density at radius 3 is 3.18 bits per heavy atom. The van der Waals surface area contributed by atoms with Gasteiger partial charge in [-0.15, -0.1) is 0 Å². The Hall–Kier alpha value is -1.63. The van der Waals surface area contributed by atoms with E-state index in [-0.39, 0.29) is 6.42 Å². The predicted octanol–water partition coefficient (Wildman–Crippen LogP) is 1.11. The number of fused-ring (bicyclic) bond motifs is 1. The molecule has 2 heterocycles. The zero-order chi connectivity index (χ0) is 12.4. The molecular formula is C10H9BrN2O4. The standard InChI is InChI=1S/C10H9BrN2O4/c1-16-8(14)3-7-10(15)13-9-6(17-7)2-5(11)4-12-9/h2,4,7H,3H2,1H3,(H,12,13,15). The molecule has 0 saturated carbocycles. The molecule has 17 heavy (non-hydrogen) atoms. The molecule has 0 radical (unpaired) electrons. The summed E-state index contributed by atoms with van der Waals surface area (Å²) in [7, 11) is 1.26. The van der Waals surface area contributed by atoms with Gasteiger partial charge in [0.25, 0.3) is 5.91 Å². The van der Waals surface area contributed by atoms with Crippen molar-refractivity contribution < 1.29 is 19.1 Å². The molecule has 1 atom stereocenters. The van der Waals surface area contributed by atoms with Gasteiger partial charge in [0.05, 0.1) is 13.5 Å². The van der Waals surface area contributed by atoms with E-state index < -0.39 is 18.0 Å². The van der Waals surface area contributed by atoms with Crippen LogP contribution in [0.25, 0.3) is 0 Å². The highest BCUT2D eigenvalue weighted by molar-refractivity contribution is 9.10. The smallest absolute Gasteiger partial charge is 0.309 e. The second-order valence-corrected chi connectivity index (χ2v) is 4.29. The van der Waals surface area contributed by atoms with Crippen LogP contribution >= 0.6 is 15.9 Å². The zero-order valence-corrected chi connectivity index (χ0v) is 10.5. The van der Waals surface area contributed by atoms with Crippen molar-refractivity contribution in [2.45, 2.75) is 12.5 Å². The van der Waals surface area contributed by atoms with Gasteiger partial charge in [-0.1, -0.05) is 0 Å². The van der Waals surface area contributed by atoms with Crippen molar-refractivity contribution in [2.24, 2.45) is 0 Å². The van der Waals surface area contributed by atoms with Crippen LogP contribution in [0, 0.1) is 0 Å². The Morgan fingerprint density at radius 1 is 1.71 bits per heavy atom. The van der Waals surface area contributed by atoms with E-state index in [2.05, 4.69) is 31.0 Å². The van der Waals surface area contributed by atoms with Crippen molar-refractivity contribution in [3.05, 3.63) is 16.7 Å².